The van der Waals surface area contributed by atoms with Gasteiger partial charge in [-0.05, 0) is 58.6 Å². The van der Waals surface area contributed by atoms with E-state index >= 15 is 0 Å². The normalized spacial score (nSPS) is 14.7. The number of halogens is 2. The molecule has 0 aliphatic heterocycles. The number of fused-ring (bicyclic) bond motifs is 1. The van der Waals surface area contributed by atoms with E-state index in [0.29, 0.717) is 28.0 Å². The molecule has 0 atom stereocenters. The van der Waals surface area contributed by atoms with Gasteiger partial charge in [-0.15, -0.1) is 0 Å². The third-order valence-electron chi connectivity index (χ3n) is 5.25. The molecule has 2 N–H and O–H groups in total. The third kappa shape index (κ3) is 4.56. The first-order chi connectivity index (χ1) is 14.1. The number of rotatable bonds is 5. The summed E-state index contributed by atoms with van der Waals surface area (Å²) in [5.74, 6) is -0.481. The van der Waals surface area contributed by atoms with E-state index < -0.39 is 0 Å². The average molecular weight is 457 g/mol. The number of nitrogens with zero attached hydrogens (tertiary/aromatic N) is 2. The van der Waals surface area contributed by atoms with Crippen molar-refractivity contribution in [3.63, 3.8) is 0 Å². The Morgan fingerprint density at radius 3 is 2.66 bits per heavy atom. The molecule has 1 amide bonds. The van der Waals surface area contributed by atoms with Crippen LogP contribution in [-0.4, -0.2) is 21.9 Å². The standard InChI is InChI=1S/C22H22BrFN4O/c23-21-17-7-4-12-25-18(17)19(26-13-14-8-10-15(24)11-9-14)20(28-21)22(29)27-16-5-2-1-3-6-16/h4,7-12,16,26H,1-3,5-6,13H2,(H,27,29). The molecule has 0 radical (unpaired) electrons. The Hall–Kier alpha value is -2.54. The first-order valence-electron chi connectivity index (χ1n) is 9.85. The molecular weight excluding hydrogens is 435 g/mol. The van der Waals surface area contributed by atoms with E-state index in [1.54, 1.807) is 18.3 Å². The van der Waals surface area contributed by atoms with Crippen molar-refractivity contribution in [3.05, 3.63) is 64.3 Å². The minimum Gasteiger partial charge on any atom is -0.377 e. The lowest BCUT2D eigenvalue weighted by atomic mass is 9.95. The first kappa shape index (κ1) is 19.8. The molecule has 2 heterocycles. The molecule has 0 spiro atoms. The van der Waals surface area contributed by atoms with Crippen LogP contribution in [-0.2, 0) is 6.54 Å². The number of carbonyl (C=O) groups excluding carboxylic acids is 1. The van der Waals surface area contributed by atoms with Crippen molar-refractivity contribution in [3.8, 4) is 0 Å². The van der Waals surface area contributed by atoms with Crippen LogP contribution in [0.3, 0.4) is 0 Å². The number of pyridine rings is 2. The molecule has 0 unspecified atom stereocenters. The molecule has 29 heavy (non-hydrogen) atoms. The number of anilines is 1. The second-order valence-corrected chi connectivity index (χ2v) is 8.07. The molecule has 0 bridgehead atoms. The van der Waals surface area contributed by atoms with Crippen molar-refractivity contribution >= 4 is 38.4 Å². The van der Waals surface area contributed by atoms with Crippen molar-refractivity contribution in [1.29, 1.82) is 0 Å². The maximum Gasteiger partial charge on any atom is 0.272 e. The van der Waals surface area contributed by atoms with Gasteiger partial charge in [-0.1, -0.05) is 31.4 Å². The molecule has 0 saturated heterocycles. The van der Waals surface area contributed by atoms with Gasteiger partial charge in [-0.25, -0.2) is 9.37 Å². The zero-order valence-electron chi connectivity index (χ0n) is 15.9. The minimum atomic E-state index is -0.279. The fourth-order valence-electron chi connectivity index (χ4n) is 3.72. The number of amides is 1. The molecule has 1 aliphatic rings. The second-order valence-electron chi connectivity index (χ2n) is 7.31. The number of carbonyl (C=O) groups is 1. The van der Waals surface area contributed by atoms with E-state index in [2.05, 4.69) is 36.5 Å². The number of hydrogen-bond donors (Lipinski definition) is 2. The summed E-state index contributed by atoms with van der Waals surface area (Å²) in [6, 6.07) is 10.2. The SMILES string of the molecule is O=C(NC1CCCCC1)c1nc(Br)c2cccnc2c1NCc1ccc(F)cc1. The van der Waals surface area contributed by atoms with E-state index in [9.17, 15) is 9.18 Å². The summed E-state index contributed by atoms with van der Waals surface area (Å²) in [5.41, 5.74) is 2.47. The summed E-state index contributed by atoms with van der Waals surface area (Å²) in [6.45, 7) is 0.430. The number of nitrogens with one attached hydrogen (secondary N) is 2. The summed E-state index contributed by atoms with van der Waals surface area (Å²) in [6.07, 6.45) is 7.18. The quantitative estimate of drug-likeness (QED) is 0.517. The van der Waals surface area contributed by atoms with Gasteiger partial charge < -0.3 is 10.6 Å². The van der Waals surface area contributed by atoms with Crippen LogP contribution in [0.15, 0.2) is 47.2 Å². The highest BCUT2D eigenvalue weighted by Gasteiger charge is 2.23. The van der Waals surface area contributed by atoms with Crippen LogP contribution in [0.25, 0.3) is 10.9 Å². The molecule has 5 nitrogen and oxygen atoms in total. The van der Waals surface area contributed by atoms with Crippen LogP contribution < -0.4 is 10.6 Å². The van der Waals surface area contributed by atoms with Crippen molar-refractivity contribution < 1.29 is 9.18 Å². The van der Waals surface area contributed by atoms with Gasteiger partial charge in [-0.2, -0.15) is 0 Å². The molecule has 2 aromatic heterocycles. The monoisotopic (exact) mass is 456 g/mol. The Balaban J connectivity index is 1.67. The highest BCUT2D eigenvalue weighted by molar-refractivity contribution is 9.10. The fourth-order valence-corrected chi connectivity index (χ4v) is 4.22. The molecule has 1 aliphatic carbocycles. The van der Waals surface area contributed by atoms with E-state index in [0.717, 1.165) is 36.6 Å². The Morgan fingerprint density at radius 2 is 1.90 bits per heavy atom. The minimum absolute atomic E-state index is 0.182. The summed E-state index contributed by atoms with van der Waals surface area (Å²) in [5, 5.41) is 7.26. The lowest BCUT2D eigenvalue weighted by Gasteiger charge is -2.23. The van der Waals surface area contributed by atoms with Crippen LogP contribution in [0.5, 0.6) is 0 Å². The second kappa shape index (κ2) is 8.86. The van der Waals surface area contributed by atoms with Crippen LogP contribution in [0, 0.1) is 5.82 Å². The van der Waals surface area contributed by atoms with Gasteiger partial charge in [-0.3, -0.25) is 9.78 Å². The van der Waals surface area contributed by atoms with Gasteiger partial charge in [0, 0.05) is 24.2 Å². The van der Waals surface area contributed by atoms with Crippen LogP contribution in [0.1, 0.15) is 48.2 Å². The topological polar surface area (TPSA) is 66.9 Å². The van der Waals surface area contributed by atoms with Gasteiger partial charge in [0.1, 0.15) is 10.4 Å². The Bertz CT molecular complexity index is 1020. The smallest absolute Gasteiger partial charge is 0.272 e. The van der Waals surface area contributed by atoms with Gasteiger partial charge in [0.15, 0.2) is 5.69 Å². The van der Waals surface area contributed by atoms with Crippen molar-refractivity contribution in [2.24, 2.45) is 0 Å². The lowest BCUT2D eigenvalue weighted by molar-refractivity contribution is 0.0923. The highest BCUT2D eigenvalue weighted by Crippen LogP contribution is 2.30. The van der Waals surface area contributed by atoms with E-state index in [-0.39, 0.29) is 17.8 Å². The molecule has 150 valence electrons. The Kier molecular flexibility index (Phi) is 6.04. The molecule has 3 aromatic rings. The number of benzene rings is 1. The highest BCUT2D eigenvalue weighted by atomic mass is 79.9. The maximum absolute atomic E-state index is 13.2. The molecule has 1 fully saturated rings. The van der Waals surface area contributed by atoms with Gasteiger partial charge in [0.05, 0.1) is 11.2 Å². The van der Waals surface area contributed by atoms with Gasteiger partial charge in [0.25, 0.3) is 5.91 Å². The fraction of sp³-hybridized carbons (Fsp3) is 0.318. The van der Waals surface area contributed by atoms with E-state index in [4.69, 9.17) is 0 Å². The maximum atomic E-state index is 13.2. The zero-order valence-corrected chi connectivity index (χ0v) is 17.5. The van der Waals surface area contributed by atoms with Crippen molar-refractivity contribution in [1.82, 2.24) is 15.3 Å². The summed E-state index contributed by atoms with van der Waals surface area (Å²) in [4.78, 5) is 22.1. The molecule has 4 rings (SSSR count). The van der Waals surface area contributed by atoms with Crippen LogP contribution in [0.2, 0.25) is 0 Å². The predicted octanol–water partition coefficient (Wildman–Crippen LogP) is 5.21. The third-order valence-corrected chi connectivity index (χ3v) is 5.86. The average Bonchev–Trinajstić information content (AvgIpc) is 2.75. The van der Waals surface area contributed by atoms with Gasteiger partial charge in [0.2, 0.25) is 0 Å². The van der Waals surface area contributed by atoms with Gasteiger partial charge >= 0.3 is 0 Å². The number of hydrogen-bond acceptors (Lipinski definition) is 4. The predicted molar refractivity (Wildman–Crippen MR) is 115 cm³/mol. The van der Waals surface area contributed by atoms with E-state index in [1.165, 1.54) is 18.6 Å². The Labute approximate surface area is 177 Å². The summed E-state index contributed by atoms with van der Waals surface area (Å²) >= 11 is 3.48. The summed E-state index contributed by atoms with van der Waals surface area (Å²) in [7, 11) is 0. The number of aromatic nitrogens is 2. The molecule has 1 aromatic carbocycles. The lowest BCUT2D eigenvalue weighted by Crippen LogP contribution is -2.37. The summed E-state index contributed by atoms with van der Waals surface area (Å²) < 4.78 is 13.8. The zero-order chi connectivity index (χ0) is 20.2. The Morgan fingerprint density at radius 1 is 1.14 bits per heavy atom. The largest absolute Gasteiger partial charge is 0.377 e. The van der Waals surface area contributed by atoms with Crippen LogP contribution in [0.4, 0.5) is 10.1 Å². The van der Waals surface area contributed by atoms with Crippen molar-refractivity contribution in [2.45, 2.75) is 44.7 Å². The van der Waals surface area contributed by atoms with Crippen molar-refractivity contribution in [2.75, 3.05) is 5.32 Å². The molecule has 1 saturated carbocycles. The van der Waals surface area contributed by atoms with Crippen LogP contribution >= 0.6 is 15.9 Å². The first-order valence-corrected chi connectivity index (χ1v) is 10.6. The molecule has 7 heteroatoms. The molecular formula is C22H22BrFN4O. The van der Waals surface area contributed by atoms with E-state index in [1.807, 2.05) is 12.1 Å².